The molecular weight excluding hydrogens is 438 g/mol. The molecule has 1 fully saturated rings. The number of likely N-dealkylation sites (N-methyl/N-ethyl adjacent to an activating group) is 1. The fraction of sp³-hybridized carbons (Fsp3) is 0.238. The summed E-state index contributed by atoms with van der Waals surface area (Å²) in [4.78, 5) is 25.5. The van der Waals surface area contributed by atoms with Gasteiger partial charge in [0.2, 0.25) is 5.60 Å². The zero-order valence-corrected chi connectivity index (χ0v) is 17.1. The molecule has 2 radical (unpaired) electrons. The molecule has 3 heterocycles. The molecule has 1 aliphatic heterocycles. The van der Waals surface area contributed by atoms with Gasteiger partial charge in [-0.1, -0.05) is 11.8 Å². The average Bonchev–Trinajstić information content (AvgIpc) is 2.99. The Labute approximate surface area is 187 Å². The number of carbonyl (C=O) groups is 1. The lowest BCUT2D eigenvalue weighted by Gasteiger charge is -2.15. The van der Waals surface area contributed by atoms with E-state index >= 15 is 0 Å². The number of aromatic nitrogens is 3. The largest absolute Gasteiger partial charge is 0.573 e. The van der Waals surface area contributed by atoms with E-state index in [-0.39, 0.29) is 40.3 Å². The summed E-state index contributed by atoms with van der Waals surface area (Å²) in [6.07, 6.45) is -4.84. The van der Waals surface area contributed by atoms with Crippen molar-refractivity contribution in [2.75, 3.05) is 19.3 Å². The molecule has 1 aromatic carbocycles. The monoisotopic (exact) mass is 453 g/mol. The summed E-state index contributed by atoms with van der Waals surface area (Å²) < 4.78 is 43.1. The van der Waals surface area contributed by atoms with Crippen molar-refractivity contribution >= 4 is 36.3 Å². The van der Waals surface area contributed by atoms with Crippen LogP contribution in [0.15, 0.2) is 30.3 Å². The van der Waals surface area contributed by atoms with E-state index in [0.29, 0.717) is 12.1 Å². The van der Waals surface area contributed by atoms with Gasteiger partial charge in [-0.25, -0.2) is 15.0 Å². The van der Waals surface area contributed by atoms with Crippen LogP contribution < -0.4 is 16.2 Å². The van der Waals surface area contributed by atoms with Crippen LogP contribution in [0.25, 0.3) is 22.3 Å². The molecule has 12 heteroatoms. The van der Waals surface area contributed by atoms with Crippen LogP contribution in [0, 0.1) is 11.8 Å². The smallest absolute Gasteiger partial charge is 0.405 e. The minimum atomic E-state index is -4.95. The van der Waals surface area contributed by atoms with Gasteiger partial charge in [-0.2, -0.15) is 0 Å². The van der Waals surface area contributed by atoms with E-state index in [2.05, 4.69) is 31.5 Å². The van der Waals surface area contributed by atoms with Gasteiger partial charge in [0.05, 0.1) is 16.9 Å². The van der Waals surface area contributed by atoms with Crippen LogP contribution in [0.1, 0.15) is 12.0 Å². The number of alkyl halides is 3. The summed E-state index contributed by atoms with van der Waals surface area (Å²) in [7, 11) is 7.10. The van der Waals surface area contributed by atoms with Gasteiger partial charge < -0.3 is 20.5 Å². The molecule has 1 aliphatic rings. The van der Waals surface area contributed by atoms with Crippen molar-refractivity contribution in [2.45, 2.75) is 18.4 Å². The number of nitrogens with zero attached hydrogens (tertiary/aromatic N) is 4. The van der Waals surface area contributed by atoms with Gasteiger partial charge in [-0.3, -0.25) is 4.79 Å². The lowest BCUT2D eigenvalue weighted by Crippen LogP contribution is -2.37. The fourth-order valence-corrected chi connectivity index (χ4v) is 3.37. The third-order valence-corrected chi connectivity index (χ3v) is 4.99. The first-order valence-corrected chi connectivity index (χ1v) is 9.56. The Morgan fingerprint density at radius 3 is 2.67 bits per heavy atom. The van der Waals surface area contributed by atoms with Gasteiger partial charge in [0, 0.05) is 31.1 Å². The number of halogens is 3. The first-order valence-electron chi connectivity index (χ1n) is 9.56. The van der Waals surface area contributed by atoms with E-state index in [9.17, 15) is 23.1 Å². The molecule has 0 bridgehead atoms. The predicted molar refractivity (Wildman–Crippen MR) is 113 cm³/mol. The minimum absolute atomic E-state index is 0.0420. The predicted octanol–water partition coefficient (Wildman–Crippen LogP) is 0.911. The maximum absolute atomic E-state index is 13.0. The molecule has 0 spiro atoms. The van der Waals surface area contributed by atoms with Crippen molar-refractivity contribution in [1.29, 1.82) is 0 Å². The Balaban J connectivity index is 1.81. The Kier molecular flexibility index (Phi) is 5.37. The standard InChI is InChI=1S/C21H15BF3N5O3/c1-30-9-8-20(32,18(30)31)7-6-11-2-5-15(33-21(23,24)25)12(10-11)13-3-4-14-16(27-13)17(26)29-19(22)28-14/h2-5,10,32H,8-9H2,1H3,(H2,26,28,29). The zero-order chi connectivity index (χ0) is 24.0. The number of ether oxygens (including phenoxy) is 1. The number of anilines is 1. The summed E-state index contributed by atoms with van der Waals surface area (Å²) in [5.41, 5.74) is 4.64. The highest BCUT2D eigenvalue weighted by atomic mass is 19.4. The van der Waals surface area contributed by atoms with Crippen LogP contribution in [-0.4, -0.2) is 64.3 Å². The summed E-state index contributed by atoms with van der Waals surface area (Å²) in [5, 5.41) is 10.5. The van der Waals surface area contributed by atoms with Gasteiger partial charge in [0.25, 0.3) is 5.91 Å². The number of amides is 1. The number of carbonyl (C=O) groups excluding carboxylic acids is 1. The summed E-state index contributed by atoms with van der Waals surface area (Å²) in [6.45, 7) is 0.336. The number of rotatable bonds is 2. The van der Waals surface area contributed by atoms with Gasteiger partial charge >= 0.3 is 6.36 Å². The quantitative estimate of drug-likeness (QED) is 0.438. The van der Waals surface area contributed by atoms with Crippen LogP contribution in [0.4, 0.5) is 19.0 Å². The second-order valence-electron chi connectivity index (χ2n) is 7.38. The van der Waals surface area contributed by atoms with Crippen molar-refractivity contribution < 1.29 is 27.8 Å². The highest BCUT2D eigenvalue weighted by Crippen LogP contribution is 2.35. The first kappa shape index (κ1) is 22.4. The van der Waals surface area contributed by atoms with E-state index < -0.39 is 23.6 Å². The lowest BCUT2D eigenvalue weighted by molar-refractivity contribution is -0.274. The topological polar surface area (TPSA) is 114 Å². The van der Waals surface area contributed by atoms with E-state index in [0.717, 1.165) is 6.07 Å². The second kappa shape index (κ2) is 7.93. The molecule has 0 aliphatic carbocycles. The Hall–Kier alpha value is -3.85. The van der Waals surface area contributed by atoms with Gasteiger partial charge in [-0.05, 0) is 30.3 Å². The Bertz CT molecular complexity index is 1340. The van der Waals surface area contributed by atoms with Gasteiger partial charge in [-0.15, -0.1) is 13.2 Å². The molecule has 3 N–H and O–H groups in total. The van der Waals surface area contributed by atoms with Crippen LogP contribution in [0.2, 0.25) is 0 Å². The minimum Gasteiger partial charge on any atom is -0.405 e. The van der Waals surface area contributed by atoms with E-state index in [1.54, 1.807) is 0 Å². The van der Waals surface area contributed by atoms with Crippen molar-refractivity contribution in [3.05, 3.63) is 35.9 Å². The molecule has 1 saturated heterocycles. The molecular formula is C21H15BF3N5O3. The fourth-order valence-electron chi connectivity index (χ4n) is 3.37. The molecule has 33 heavy (non-hydrogen) atoms. The number of hydrogen-bond acceptors (Lipinski definition) is 7. The summed E-state index contributed by atoms with van der Waals surface area (Å²) in [6, 6.07) is 6.57. The number of hydrogen-bond donors (Lipinski definition) is 2. The molecule has 4 rings (SSSR count). The molecule has 1 amide bonds. The van der Waals surface area contributed by atoms with Gasteiger partial charge in [0.1, 0.15) is 11.3 Å². The second-order valence-corrected chi connectivity index (χ2v) is 7.38. The van der Waals surface area contributed by atoms with Crippen LogP contribution in [0.3, 0.4) is 0 Å². The first-order chi connectivity index (χ1) is 15.4. The number of likely N-dealkylation sites (tertiary alicyclic amines) is 1. The molecule has 2 aromatic heterocycles. The maximum Gasteiger partial charge on any atom is 0.573 e. The van der Waals surface area contributed by atoms with Crippen LogP contribution >= 0.6 is 0 Å². The van der Waals surface area contributed by atoms with Crippen molar-refractivity contribution in [3.8, 4) is 28.8 Å². The summed E-state index contributed by atoms with van der Waals surface area (Å²) in [5.74, 6) is 4.07. The molecule has 8 nitrogen and oxygen atoms in total. The third-order valence-electron chi connectivity index (χ3n) is 4.99. The van der Waals surface area contributed by atoms with E-state index in [1.165, 1.54) is 36.2 Å². The number of aliphatic hydroxyl groups is 1. The molecule has 1 atom stereocenters. The highest BCUT2D eigenvalue weighted by molar-refractivity contribution is 6.29. The number of nitrogens with two attached hydrogens (primary N) is 1. The average molecular weight is 453 g/mol. The normalized spacial score (nSPS) is 18.3. The molecule has 166 valence electrons. The highest BCUT2D eigenvalue weighted by Gasteiger charge is 2.42. The molecule has 0 saturated carbocycles. The van der Waals surface area contributed by atoms with Gasteiger partial charge in [0.15, 0.2) is 13.7 Å². The number of benzene rings is 1. The summed E-state index contributed by atoms with van der Waals surface area (Å²) >= 11 is 0. The number of pyridine rings is 1. The van der Waals surface area contributed by atoms with Crippen molar-refractivity contribution in [3.63, 3.8) is 0 Å². The van der Waals surface area contributed by atoms with E-state index in [1.807, 2.05) is 0 Å². The lowest BCUT2D eigenvalue weighted by atomic mass is 10.0. The van der Waals surface area contributed by atoms with Crippen molar-refractivity contribution in [2.24, 2.45) is 0 Å². The zero-order valence-electron chi connectivity index (χ0n) is 17.1. The number of nitrogen functional groups attached to an aromatic ring is 1. The van der Waals surface area contributed by atoms with E-state index in [4.69, 9.17) is 13.6 Å². The van der Waals surface area contributed by atoms with Crippen LogP contribution in [0.5, 0.6) is 5.75 Å². The van der Waals surface area contributed by atoms with Crippen LogP contribution in [-0.2, 0) is 4.79 Å². The molecule has 1 unspecified atom stereocenters. The SMILES string of the molecule is [B]c1nc(N)c2nc(-c3cc(C#CC4(O)CCN(C)C4=O)ccc3OC(F)(F)F)ccc2n1. The maximum atomic E-state index is 13.0. The number of fused-ring (bicyclic) bond motifs is 1. The molecule has 3 aromatic rings. The Morgan fingerprint density at radius 1 is 1.24 bits per heavy atom. The van der Waals surface area contributed by atoms with Crippen molar-refractivity contribution in [1.82, 2.24) is 19.9 Å². The Morgan fingerprint density at radius 2 is 2.00 bits per heavy atom. The third kappa shape index (κ3) is 4.54.